The number of nitrogens with zero attached hydrogens (tertiary/aromatic N) is 2. The van der Waals surface area contributed by atoms with Gasteiger partial charge in [0.1, 0.15) is 0 Å². The zero-order valence-electron chi connectivity index (χ0n) is 10.8. The monoisotopic (exact) mass is 262 g/mol. The lowest BCUT2D eigenvalue weighted by Crippen LogP contribution is -2.21. The van der Waals surface area contributed by atoms with Crippen LogP contribution < -0.4 is 11.5 Å². The minimum atomic E-state index is -0.0486. The molecule has 0 heterocycles. The van der Waals surface area contributed by atoms with Crippen molar-refractivity contribution in [3.05, 3.63) is 60.2 Å². The van der Waals surface area contributed by atoms with Gasteiger partial charge < -0.3 is 11.5 Å². The first kappa shape index (κ1) is 12.2. The van der Waals surface area contributed by atoms with E-state index in [9.17, 15) is 0 Å². The molecule has 0 aliphatic rings. The van der Waals surface area contributed by atoms with Gasteiger partial charge in [-0.3, -0.25) is 0 Å². The molecular weight excluding hydrogens is 248 g/mol. The van der Waals surface area contributed by atoms with Crippen LogP contribution in [0.4, 0.5) is 0 Å². The van der Waals surface area contributed by atoms with Crippen LogP contribution in [0.25, 0.3) is 21.5 Å². The molecule has 0 radical (unpaired) electrons. The van der Waals surface area contributed by atoms with Gasteiger partial charge in [0.05, 0.1) is 6.21 Å². The summed E-state index contributed by atoms with van der Waals surface area (Å²) in [6, 6.07) is 18.7. The van der Waals surface area contributed by atoms with E-state index in [1.54, 1.807) is 6.21 Å². The maximum absolute atomic E-state index is 5.24. The SMILES string of the molecule is NC(N)=N/N=C/c1ccc2ccc3ccccc3c2c1. The van der Waals surface area contributed by atoms with Gasteiger partial charge in [0, 0.05) is 0 Å². The van der Waals surface area contributed by atoms with Crippen molar-refractivity contribution < 1.29 is 0 Å². The molecule has 0 unspecified atom stereocenters. The summed E-state index contributed by atoms with van der Waals surface area (Å²) < 4.78 is 0. The summed E-state index contributed by atoms with van der Waals surface area (Å²) in [5.41, 5.74) is 11.4. The number of hydrogen-bond donors (Lipinski definition) is 2. The Labute approximate surface area is 116 Å². The maximum atomic E-state index is 5.24. The number of guanidine groups is 1. The van der Waals surface area contributed by atoms with E-state index in [4.69, 9.17) is 11.5 Å². The van der Waals surface area contributed by atoms with Crippen molar-refractivity contribution in [3.8, 4) is 0 Å². The van der Waals surface area contributed by atoms with Crippen LogP contribution in [-0.2, 0) is 0 Å². The van der Waals surface area contributed by atoms with Gasteiger partial charge in [0.25, 0.3) is 0 Å². The lowest BCUT2D eigenvalue weighted by atomic mass is 10.0. The van der Waals surface area contributed by atoms with Crippen LogP contribution in [-0.4, -0.2) is 12.2 Å². The van der Waals surface area contributed by atoms with E-state index in [0.29, 0.717) is 0 Å². The molecule has 0 bridgehead atoms. The Morgan fingerprint density at radius 3 is 2.35 bits per heavy atom. The van der Waals surface area contributed by atoms with Gasteiger partial charge >= 0.3 is 0 Å². The van der Waals surface area contributed by atoms with Crippen LogP contribution in [0, 0.1) is 0 Å². The number of hydrogen-bond acceptors (Lipinski definition) is 2. The Hall–Kier alpha value is -2.88. The fraction of sp³-hybridized carbons (Fsp3) is 0. The highest BCUT2D eigenvalue weighted by Crippen LogP contribution is 2.25. The molecule has 0 amide bonds. The van der Waals surface area contributed by atoms with Crippen molar-refractivity contribution >= 4 is 33.7 Å². The molecular formula is C16H14N4. The number of nitrogens with two attached hydrogens (primary N) is 2. The normalized spacial score (nSPS) is 11.2. The zero-order chi connectivity index (χ0) is 13.9. The van der Waals surface area contributed by atoms with E-state index in [0.717, 1.165) is 5.56 Å². The van der Waals surface area contributed by atoms with E-state index in [1.807, 2.05) is 18.2 Å². The van der Waals surface area contributed by atoms with Crippen molar-refractivity contribution in [2.24, 2.45) is 21.7 Å². The molecule has 3 aromatic rings. The summed E-state index contributed by atoms with van der Waals surface area (Å²) in [5.74, 6) is -0.0486. The molecule has 4 N–H and O–H groups in total. The maximum Gasteiger partial charge on any atom is 0.211 e. The number of rotatable bonds is 2. The van der Waals surface area contributed by atoms with Crippen molar-refractivity contribution in [3.63, 3.8) is 0 Å². The Morgan fingerprint density at radius 2 is 1.55 bits per heavy atom. The summed E-state index contributed by atoms with van der Waals surface area (Å²) in [7, 11) is 0. The van der Waals surface area contributed by atoms with Crippen LogP contribution in [0.1, 0.15) is 5.56 Å². The third-order valence-electron chi connectivity index (χ3n) is 3.15. The van der Waals surface area contributed by atoms with Crippen molar-refractivity contribution in [2.75, 3.05) is 0 Å². The van der Waals surface area contributed by atoms with E-state index in [-0.39, 0.29) is 5.96 Å². The van der Waals surface area contributed by atoms with Crippen LogP contribution in [0.3, 0.4) is 0 Å². The molecule has 4 heteroatoms. The van der Waals surface area contributed by atoms with Crippen LogP contribution in [0.15, 0.2) is 64.8 Å². The minimum absolute atomic E-state index is 0.0486. The molecule has 98 valence electrons. The molecule has 0 aliphatic carbocycles. The largest absolute Gasteiger partial charge is 0.369 e. The minimum Gasteiger partial charge on any atom is -0.369 e. The van der Waals surface area contributed by atoms with Crippen molar-refractivity contribution in [1.29, 1.82) is 0 Å². The molecule has 0 atom stereocenters. The molecule has 3 rings (SSSR count). The second-order valence-electron chi connectivity index (χ2n) is 4.54. The molecule has 4 nitrogen and oxygen atoms in total. The molecule has 0 aliphatic heterocycles. The highest BCUT2D eigenvalue weighted by molar-refractivity contribution is 6.08. The van der Waals surface area contributed by atoms with Gasteiger partial charge in [-0.1, -0.05) is 48.5 Å². The van der Waals surface area contributed by atoms with E-state index >= 15 is 0 Å². The lowest BCUT2D eigenvalue weighted by Gasteiger charge is -2.04. The Morgan fingerprint density at radius 1 is 0.850 bits per heavy atom. The second kappa shape index (κ2) is 5.01. The molecule has 20 heavy (non-hydrogen) atoms. The summed E-state index contributed by atoms with van der Waals surface area (Å²) in [4.78, 5) is 0. The van der Waals surface area contributed by atoms with Crippen LogP contribution in [0.2, 0.25) is 0 Å². The van der Waals surface area contributed by atoms with E-state index in [1.165, 1.54) is 21.5 Å². The van der Waals surface area contributed by atoms with Gasteiger partial charge in [-0.05, 0) is 33.2 Å². The summed E-state index contributed by atoms with van der Waals surface area (Å²) in [6.45, 7) is 0. The van der Waals surface area contributed by atoms with E-state index in [2.05, 4.69) is 46.6 Å². The first-order chi connectivity index (χ1) is 9.74. The quantitative estimate of drug-likeness (QED) is 0.322. The van der Waals surface area contributed by atoms with Gasteiger partial charge in [-0.2, -0.15) is 5.10 Å². The Bertz CT molecular complexity index is 830. The third kappa shape index (κ3) is 2.31. The summed E-state index contributed by atoms with van der Waals surface area (Å²) >= 11 is 0. The molecule has 0 fully saturated rings. The van der Waals surface area contributed by atoms with Gasteiger partial charge in [-0.15, -0.1) is 5.10 Å². The topological polar surface area (TPSA) is 76.8 Å². The predicted octanol–water partition coefficient (Wildman–Crippen LogP) is 2.60. The number of benzene rings is 3. The third-order valence-corrected chi connectivity index (χ3v) is 3.15. The summed E-state index contributed by atoms with van der Waals surface area (Å²) in [5, 5.41) is 12.3. The molecule has 0 saturated carbocycles. The molecule has 0 saturated heterocycles. The lowest BCUT2D eigenvalue weighted by molar-refractivity contribution is 1.22. The second-order valence-corrected chi connectivity index (χ2v) is 4.54. The zero-order valence-corrected chi connectivity index (χ0v) is 10.8. The van der Waals surface area contributed by atoms with Crippen LogP contribution in [0.5, 0.6) is 0 Å². The van der Waals surface area contributed by atoms with Crippen molar-refractivity contribution in [2.45, 2.75) is 0 Å². The Kier molecular flexibility index (Phi) is 3.05. The molecule has 3 aromatic carbocycles. The Balaban J connectivity index is 2.16. The first-order valence-corrected chi connectivity index (χ1v) is 6.27. The summed E-state index contributed by atoms with van der Waals surface area (Å²) in [6.07, 6.45) is 1.64. The fourth-order valence-corrected chi connectivity index (χ4v) is 2.26. The average Bonchev–Trinajstić information content (AvgIpc) is 2.47. The van der Waals surface area contributed by atoms with Gasteiger partial charge in [0.15, 0.2) is 0 Å². The van der Waals surface area contributed by atoms with Gasteiger partial charge in [0.2, 0.25) is 5.96 Å². The fourth-order valence-electron chi connectivity index (χ4n) is 2.26. The average molecular weight is 262 g/mol. The standard InChI is InChI=1S/C16H14N4/c17-16(18)20-19-10-11-5-6-13-8-7-12-3-1-2-4-14(12)15(13)9-11/h1-10H,(H4,17,18,20)/b19-10+. The van der Waals surface area contributed by atoms with Gasteiger partial charge in [-0.25, -0.2) is 0 Å². The molecule has 0 aromatic heterocycles. The highest BCUT2D eigenvalue weighted by atomic mass is 15.3. The highest BCUT2D eigenvalue weighted by Gasteiger charge is 2.00. The molecule has 0 spiro atoms. The van der Waals surface area contributed by atoms with E-state index < -0.39 is 0 Å². The smallest absolute Gasteiger partial charge is 0.211 e. The first-order valence-electron chi connectivity index (χ1n) is 6.27. The number of fused-ring (bicyclic) bond motifs is 3. The van der Waals surface area contributed by atoms with Crippen molar-refractivity contribution in [1.82, 2.24) is 0 Å². The van der Waals surface area contributed by atoms with Crippen LogP contribution >= 0.6 is 0 Å². The predicted molar refractivity (Wildman–Crippen MR) is 84.9 cm³/mol.